The molecule has 0 spiro atoms. The lowest BCUT2D eigenvalue weighted by Crippen LogP contribution is -2.50. The molecule has 0 saturated carbocycles. The monoisotopic (exact) mass is 423 g/mol. The lowest BCUT2D eigenvalue weighted by atomic mass is 10.2. The highest BCUT2D eigenvalue weighted by molar-refractivity contribution is 7.89. The van der Waals surface area contributed by atoms with Gasteiger partial charge in [0.1, 0.15) is 16.5 Å². The molecule has 2 aromatic carbocycles. The van der Waals surface area contributed by atoms with E-state index in [2.05, 4.69) is 0 Å². The predicted octanol–water partition coefficient (Wildman–Crippen LogP) is 1.89. The van der Waals surface area contributed by atoms with E-state index in [0.717, 1.165) is 16.4 Å². The number of piperazine rings is 1. The van der Waals surface area contributed by atoms with Crippen LogP contribution >= 0.6 is 0 Å². The summed E-state index contributed by atoms with van der Waals surface area (Å²) in [6.45, 7) is 0.293. The molecule has 154 valence electrons. The Kier molecular flexibility index (Phi) is 5.80. The molecule has 0 radical (unpaired) electrons. The first-order valence-electron chi connectivity index (χ1n) is 8.61. The minimum Gasteiger partial charge on any atom is -0.495 e. The van der Waals surface area contributed by atoms with Crippen molar-refractivity contribution in [1.82, 2.24) is 9.21 Å². The van der Waals surface area contributed by atoms with Gasteiger partial charge in [0.15, 0.2) is 0 Å². The Hall–Kier alpha value is -3.05. The van der Waals surface area contributed by atoms with Gasteiger partial charge in [-0.15, -0.1) is 0 Å². The molecule has 1 heterocycles. The number of amides is 1. The number of carbonyl (C=O) groups is 1. The maximum absolute atomic E-state index is 13.0. The number of nitrogens with zero attached hydrogens (tertiary/aromatic N) is 3. The lowest BCUT2D eigenvalue weighted by molar-refractivity contribution is -0.385. The van der Waals surface area contributed by atoms with Gasteiger partial charge in [-0.05, 0) is 30.3 Å². The molecular weight excluding hydrogens is 405 g/mol. The highest BCUT2D eigenvalue weighted by Crippen LogP contribution is 2.31. The topological polar surface area (TPSA) is 110 Å². The van der Waals surface area contributed by atoms with Crippen LogP contribution in [0, 0.1) is 15.9 Å². The number of nitro benzene ring substituents is 1. The number of hydrogen-bond donors (Lipinski definition) is 0. The zero-order valence-corrected chi connectivity index (χ0v) is 16.3. The molecule has 1 fully saturated rings. The quantitative estimate of drug-likeness (QED) is 0.537. The number of nitro groups is 1. The van der Waals surface area contributed by atoms with Crippen molar-refractivity contribution in [3.63, 3.8) is 0 Å². The van der Waals surface area contributed by atoms with Gasteiger partial charge in [-0.25, -0.2) is 12.8 Å². The number of hydrogen-bond acceptors (Lipinski definition) is 6. The van der Waals surface area contributed by atoms with Crippen LogP contribution in [0.15, 0.2) is 47.4 Å². The third-order valence-electron chi connectivity index (χ3n) is 4.59. The van der Waals surface area contributed by atoms with E-state index in [9.17, 15) is 27.7 Å². The third kappa shape index (κ3) is 4.20. The van der Waals surface area contributed by atoms with Gasteiger partial charge in [0.05, 0.1) is 12.0 Å². The van der Waals surface area contributed by atoms with Crippen molar-refractivity contribution >= 4 is 21.6 Å². The number of carbonyl (C=O) groups excluding carboxylic acids is 1. The smallest absolute Gasteiger partial charge is 0.271 e. The number of ether oxygens (including phenoxy) is 1. The Bertz CT molecular complexity index is 1030. The van der Waals surface area contributed by atoms with E-state index >= 15 is 0 Å². The van der Waals surface area contributed by atoms with Crippen LogP contribution in [0.5, 0.6) is 5.75 Å². The Morgan fingerprint density at radius 2 is 1.72 bits per heavy atom. The molecule has 1 aliphatic rings. The minimum atomic E-state index is -4.06. The Labute approximate surface area is 166 Å². The molecule has 9 nitrogen and oxygen atoms in total. The number of methoxy groups -OCH3 is 1. The van der Waals surface area contributed by atoms with Gasteiger partial charge in [-0.2, -0.15) is 4.31 Å². The average Bonchev–Trinajstić information content (AvgIpc) is 2.73. The van der Waals surface area contributed by atoms with E-state index in [1.807, 2.05) is 0 Å². The fraction of sp³-hybridized carbons (Fsp3) is 0.278. The number of halogens is 1. The fourth-order valence-corrected chi connectivity index (χ4v) is 4.62. The van der Waals surface area contributed by atoms with Gasteiger partial charge in [0.25, 0.3) is 11.6 Å². The van der Waals surface area contributed by atoms with E-state index in [1.54, 1.807) is 0 Å². The predicted molar refractivity (Wildman–Crippen MR) is 101 cm³/mol. The molecule has 29 heavy (non-hydrogen) atoms. The molecule has 1 aliphatic heterocycles. The minimum absolute atomic E-state index is 0.000387. The largest absolute Gasteiger partial charge is 0.495 e. The van der Waals surface area contributed by atoms with Crippen LogP contribution in [-0.2, 0) is 10.0 Å². The molecule has 0 N–H and O–H groups in total. The maximum atomic E-state index is 13.0. The molecule has 0 aromatic heterocycles. The van der Waals surface area contributed by atoms with Crippen LogP contribution in [0.2, 0.25) is 0 Å². The standard InChI is InChI=1S/C18H18FN3O6S/c1-28-16-7-6-15(22(24)25)12-17(16)29(26,27)21-10-8-20(9-11-21)18(23)13-2-4-14(19)5-3-13/h2-7,12H,8-11H2,1H3. The molecule has 0 atom stereocenters. The van der Waals surface area contributed by atoms with Crippen molar-refractivity contribution in [2.45, 2.75) is 4.90 Å². The van der Waals surface area contributed by atoms with Gasteiger partial charge < -0.3 is 9.64 Å². The molecule has 0 aliphatic carbocycles. The summed E-state index contributed by atoms with van der Waals surface area (Å²) in [6, 6.07) is 8.47. The molecule has 2 aromatic rings. The van der Waals surface area contributed by atoms with Crippen LogP contribution in [0.4, 0.5) is 10.1 Å². The third-order valence-corrected chi connectivity index (χ3v) is 6.51. The van der Waals surface area contributed by atoms with E-state index in [0.29, 0.717) is 5.56 Å². The van der Waals surface area contributed by atoms with E-state index in [1.165, 1.54) is 42.3 Å². The second-order valence-electron chi connectivity index (χ2n) is 6.30. The van der Waals surface area contributed by atoms with E-state index in [-0.39, 0.29) is 48.4 Å². The van der Waals surface area contributed by atoms with Crippen molar-refractivity contribution in [2.24, 2.45) is 0 Å². The summed E-state index contributed by atoms with van der Waals surface area (Å²) in [5.41, 5.74) is -0.0578. The molecule has 1 amide bonds. The Morgan fingerprint density at radius 3 is 2.28 bits per heavy atom. The van der Waals surface area contributed by atoms with E-state index in [4.69, 9.17) is 4.74 Å². The van der Waals surface area contributed by atoms with Gasteiger partial charge in [-0.3, -0.25) is 14.9 Å². The molecule has 1 saturated heterocycles. The van der Waals surface area contributed by atoms with Crippen LogP contribution in [0.3, 0.4) is 0 Å². The SMILES string of the molecule is COc1ccc([N+](=O)[O-])cc1S(=O)(=O)N1CCN(C(=O)c2ccc(F)cc2)CC1. The summed E-state index contributed by atoms with van der Waals surface area (Å²) in [4.78, 5) is 24.0. The second-order valence-corrected chi connectivity index (χ2v) is 8.20. The van der Waals surface area contributed by atoms with Crippen molar-refractivity contribution in [2.75, 3.05) is 33.3 Å². The number of rotatable bonds is 5. The van der Waals surface area contributed by atoms with Crippen LogP contribution in [0.25, 0.3) is 0 Å². The molecule has 0 bridgehead atoms. The summed E-state index contributed by atoms with van der Waals surface area (Å²) in [5, 5.41) is 11.0. The molecule has 0 unspecified atom stereocenters. The van der Waals surface area contributed by atoms with Crippen LogP contribution in [0.1, 0.15) is 10.4 Å². The zero-order valence-electron chi connectivity index (χ0n) is 15.4. The fourth-order valence-electron chi connectivity index (χ4n) is 3.03. The normalized spacial score (nSPS) is 15.2. The van der Waals surface area contributed by atoms with Gasteiger partial charge in [0.2, 0.25) is 10.0 Å². The first-order chi connectivity index (χ1) is 13.7. The lowest BCUT2D eigenvalue weighted by Gasteiger charge is -2.34. The average molecular weight is 423 g/mol. The van der Waals surface area contributed by atoms with Gasteiger partial charge in [0, 0.05) is 43.9 Å². The summed E-state index contributed by atoms with van der Waals surface area (Å²) in [7, 11) is -2.79. The summed E-state index contributed by atoms with van der Waals surface area (Å²) < 4.78 is 45.2. The van der Waals surface area contributed by atoms with Crippen molar-refractivity contribution in [3.05, 3.63) is 64.0 Å². The second kappa shape index (κ2) is 8.13. The first-order valence-corrected chi connectivity index (χ1v) is 10.1. The Balaban J connectivity index is 1.78. The van der Waals surface area contributed by atoms with Crippen LogP contribution < -0.4 is 4.74 Å². The summed E-state index contributed by atoms with van der Waals surface area (Å²) in [6.07, 6.45) is 0. The van der Waals surface area contributed by atoms with Crippen molar-refractivity contribution in [1.29, 1.82) is 0 Å². The maximum Gasteiger partial charge on any atom is 0.271 e. The summed E-state index contributed by atoms with van der Waals surface area (Å²) >= 11 is 0. The highest BCUT2D eigenvalue weighted by Gasteiger charge is 2.33. The zero-order chi connectivity index (χ0) is 21.2. The highest BCUT2D eigenvalue weighted by atomic mass is 32.2. The summed E-state index contributed by atoms with van der Waals surface area (Å²) in [5.74, 6) is -0.779. The molecular formula is C18H18FN3O6S. The van der Waals surface area contributed by atoms with Crippen molar-refractivity contribution in [3.8, 4) is 5.75 Å². The van der Waals surface area contributed by atoms with Gasteiger partial charge in [-0.1, -0.05) is 0 Å². The molecule has 11 heteroatoms. The first kappa shape index (κ1) is 20.7. The van der Waals surface area contributed by atoms with Crippen molar-refractivity contribution < 1.29 is 27.3 Å². The van der Waals surface area contributed by atoms with E-state index < -0.39 is 20.8 Å². The number of sulfonamides is 1. The number of non-ortho nitro benzene ring substituents is 1. The number of benzene rings is 2. The Morgan fingerprint density at radius 1 is 1.10 bits per heavy atom. The van der Waals surface area contributed by atoms with Gasteiger partial charge >= 0.3 is 0 Å². The molecule has 3 rings (SSSR count). The van der Waals surface area contributed by atoms with Crippen LogP contribution in [-0.4, -0.2) is 61.7 Å².